The summed E-state index contributed by atoms with van der Waals surface area (Å²) in [7, 11) is 1.98. The van der Waals surface area contributed by atoms with Crippen molar-refractivity contribution in [2.24, 2.45) is 12.0 Å². The Morgan fingerprint density at radius 3 is 2.63 bits per heavy atom. The van der Waals surface area contributed by atoms with Gasteiger partial charge in [-0.15, -0.1) is 10.2 Å². The van der Waals surface area contributed by atoms with Gasteiger partial charge in [0.25, 0.3) is 0 Å². The van der Waals surface area contributed by atoms with Crippen molar-refractivity contribution >= 4 is 11.6 Å². The van der Waals surface area contributed by atoms with Crippen molar-refractivity contribution in [1.82, 2.24) is 20.1 Å². The van der Waals surface area contributed by atoms with Gasteiger partial charge in [0.05, 0.1) is 13.1 Å². The van der Waals surface area contributed by atoms with Gasteiger partial charge in [-0.05, 0) is 30.5 Å². The molecule has 0 aliphatic carbocycles. The van der Waals surface area contributed by atoms with Crippen molar-refractivity contribution in [2.45, 2.75) is 26.4 Å². The smallest absolute Gasteiger partial charge is 0.199 e. The molecular formula is C21H24N6. The molecule has 0 unspecified atom stereocenters. The molecule has 0 spiro atoms. The maximum absolute atomic E-state index is 4.90. The molecule has 1 aromatic heterocycles. The van der Waals surface area contributed by atoms with Gasteiger partial charge in [-0.3, -0.25) is 0 Å². The standard InChI is InChI=1S/C21H24N6/c1-16-24-25-20(26(16)2)15-23-21(22-14-17-8-4-3-5-9-17)27-13-12-18-10-6-7-11-19(18)27/h3-11H,12-15H2,1-2H3,(H,22,23). The monoisotopic (exact) mass is 360 g/mol. The summed E-state index contributed by atoms with van der Waals surface area (Å²) in [5, 5.41) is 11.9. The second-order valence-electron chi connectivity index (χ2n) is 6.73. The van der Waals surface area contributed by atoms with Crippen LogP contribution in [0.15, 0.2) is 59.6 Å². The average Bonchev–Trinajstić information content (AvgIpc) is 3.27. The maximum atomic E-state index is 4.90. The molecule has 27 heavy (non-hydrogen) atoms. The first kappa shape index (κ1) is 17.3. The van der Waals surface area contributed by atoms with E-state index < -0.39 is 0 Å². The molecule has 6 nitrogen and oxygen atoms in total. The number of anilines is 1. The number of nitrogens with one attached hydrogen (secondary N) is 1. The van der Waals surface area contributed by atoms with Gasteiger partial charge < -0.3 is 14.8 Å². The van der Waals surface area contributed by atoms with Gasteiger partial charge in [-0.1, -0.05) is 48.5 Å². The van der Waals surface area contributed by atoms with E-state index in [1.54, 1.807) is 0 Å². The Morgan fingerprint density at radius 1 is 1.07 bits per heavy atom. The third-order valence-electron chi connectivity index (χ3n) is 4.98. The molecule has 4 rings (SSSR count). The quantitative estimate of drug-likeness (QED) is 0.574. The molecule has 3 aromatic rings. The molecule has 0 amide bonds. The third-order valence-corrected chi connectivity index (χ3v) is 4.98. The van der Waals surface area contributed by atoms with E-state index in [2.05, 4.69) is 56.8 Å². The molecule has 0 bridgehead atoms. The fourth-order valence-corrected chi connectivity index (χ4v) is 3.31. The number of aromatic nitrogens is 3. The Bertz CT molecular complexity index is 944. The van der Waals surface area contributed by atoms with Crippen LogP contribution in [0.5, 0.6) is 0 Å². The highest BCUT2D eigenvalue weighted by atomic mass is 15.3. The Labute approximate surface area is 159 Å². The van der Waals surface area contributed by atoms with Gasteiger partial charge in [0.15, 0.2) is 11.8 Å². The first-order valence-corrected chi connectivity index (χ1v) is 9.25. The molecule has 1 aliphatic rings. The van der Waals surface area contributed by atoms with Crippen molar-refractivity contribution in [1.29, 1.82) is 0 Å². The highest BCUT2D eigenvalue weighted by molar-refractivity contribution is 5.97. The molecule has 2 aromatic carbocycles. The van der Waals surface area contributed by atoms with Crippen molar-refractivity contribution in [2.75, 3.05) is 11.4 Å². The summed E-state index contributed by atoms with van der Waals surface area (Å²) < 4.78 is 2.00. The molecule has 0 fully saturated rings. The Morgan fingerprint density at radius 2 is 1.85 bits per heavy atom. The number of nitrogens with zero attached hydrogens (tertiary/aromatic N) is 5. The van der Waals surface area contributed by atoms with Crippen LogP contribution in [0.25, 0.3) is 0 Å². The van der Waals surface area contributed by atoms with Crippen LogP contribution in [0, 0.1) is 6.92 Å². The summed E-state index contributed by atoms with van der Waals surface area (Å²) in [4.78, 5) is 7.17. The summed E-state index contributed by atoms with van der Waals surface area (Å²) in [5.41, 5.74) is 3.78. The van der Waals surface area contributed by atoms with E-state index in [0.717, 1.165) is 30.6 Å². The number of rotatable bonds is 4. The number of fused-ring (bicyclic) bond motifs is 1. The largest absolute Gasteiger partial charge is 0.349 e. The number of aryl methyl sites for hydroxylation is 1. The van der Waals surface area contributed by atoms with Crippen molar-refractivity contribution in [3.8, 4) is 0 Å². The minimum Gasteiger partial charge on any atom is -0.349 e. The predicted octanol–water partition coefficient (Wildman–Crippen LogP) is 2.83. The molecule has 0 radical (unpaired) electrons. The van der Waals surface area contributed by atoms with Gasteiger partial charge in [0.1, 0.15) is 5.82 Å². The fraction of sp³-hybridized carbons (Fsp3) is 0.286. The first-order chi connectivity index (χ1) is 13.2. The van der Waals surface area contributed by atoms with E-state index >= 15 is 0 Å². The molecule has 1 N–H and O–H groups in total. The molecule has 2 heterocycles. The SMILES string of the molecule is Cc1nnc(CNC(=NCc2ccccc2)N2CCc3ccccc32)n1C. The maximum Gasteiger partial charge on any atom is 0.199 e. The highest BCUT2D eigenvalue weighted by Crippen LogP contribution is 2.27. The summed E-state index contributed by atoms with van der Waals surface area (Å²) in [6, 6.07) is 18.9. The Hall–Kier alpha value is -3.15. The summed E-state index contributed by atoms with van der Waals surface area (Å²) in [5.74, 6) is 2.68. The van der Waals surface area contributed by atoms with E-state index in [0.29, 0.717) is 13.1 Å². The summed E-state index contributed by atoms with van der Waals surface area (Å²) in [6.07, 6.45) is 1.03. The van der Waals surface area contributed by atoms with Crippen LogP contribution in [0.4, 0.5) is 5.69 Å². The van der Waals surface area contributed by atoms with Gasteiger partial charge in [-0.25, -0.2) is 4.99 Å². The van der Waals surface area contributed by atoms with Gasteiger partial charge in [0.2, 0.25) is 0 Å². The summed E-state index contributed by atoms with van der Waals surface area (Å²) in [6.45, 7) is 4.11. The van der Waals surface area contributed by atoms with E-state index in [1.165, 1.54) is 16.8 Å². The number of guanidine groups is 1. The minimum absolute atomic E-state index is 0.587. The topological polar surface area (TPSA) is 58.3 Å². The predicted molar refractivity (Wildman–Crippen MR) is 108 cm³/mol. The van der Waals surface area contributed by atoms with Crippen LogP contribution < -0.4 is 10.2 Å². The molecule has 6 heteroatoms. The number of para-hydroxylation sites is 1. The van der Waals surface area contributed by atoms with E-state index in [1.807, 2.05) is 36.7 Å². The van der Waals surface area contributed by atoms with Gasteiger partial charge in [0, 0.05) is 19.3 Å². The van der Waals surface area contributed by atoms with Crippen LogP contribution in [0.3, 0.4) is 0 Å². The first-order valence-electron chi connectivity index (χ1n) is 9.25. The van der Waals surface area contributed by atoms with Crippen molar-refractivity contribution in [3.63, 3.8) is 0 Å². The third kappa shape index (κ3) is 3.69. The van der Waals surface area contributed by atoms with Crippen LogP contribution >= 0.6 is 0 Å². The zero-order valence-corrected chi connectivity index (χ0v) is 15.8. The lowest BCUT2D eigenvalue weighted by molar-refractivity contribution is 0.727. The molecule has 138 valence electrons. The normalized spacial score (nSPS) is 13.7. The second kappa shape index (κ2) is 7.61. The Kier molecular flexibility index (Phi) is 4.87. The minimum atomic E-state index is 0.587. The lowest BCUT2D eigenvalue weighted by Gasteiger charge is -2.22. The zero-order chi connectivity index (χ0) is 18.6. The van der Waals surface area contributed by atoms with Gasteiger partial charge in [-0.2, -0.15) is 0 Å². The molecule has 0 saturated carbocycles. The van der Waals surface area contributed by atoms with Crippen LogP contribution in [-0.4, -0.2) is 27.3 Å². The van der Waals surface area contributed by atoms with Crippen LogP contribution in [-0.2, 0) is 26.6 Å². The van der Waals surface area contributed by atoms with Gasteiger partial charge >= 0.3 is 0 Å². The summed E-state index contributed by atoms with van der Waals surface area (Å²) >= 11 is 0. The lowest BCUT2D eigenvalue weighted by Crippen LogP contribution is -2.40. The molecule has 0 atom stereocenters. The van der Waals surface area contributed by atoms with Crippen molar-refractivity contribution in [3.05, 3.63) is 77.4 Å². The van der Waals surface area contributed by atoms with E-state index in [-0.39, 0.29) is 0 Å². The average molecular weight is 360 g/mol. The van der Waals surface area contributed by atoms with E-state index in [9.17, 15) is 0 Å². The molecular weight excluding hydrogens is 336 g/mol. The lowest BCUT2D eigenvalue weighted by atomic mass is 10.2. The number of aliphatic imine (C=N–C) groups is 1. The van der Waals surface area contributed by atoms with Crippen LogP contribution in [0.1, 0.15) is 22.8 Å². The fourth-order valence-electron chi connectivity index (χ4n) is 3.31. The van der Waals surface area contributed by atoms with Crippen molar-refractivity contribution < 1.29 is 0 Å². The second-order valence-corrected chi connectivity index (χ2v) is 6.73. The molecule has 0 saturated heterocycles. The number of benzene rings is 2. The number of hydrogen-bond acceptors (Lipinski definition) is 3. The number of hydrogen-bond donors (Lipinski definition) is 1. The Balaban J connectivity index is 1.58. The van der Waals surface area contributed by atoms with Crippen LogP contribution in [0.2, 0.25) is 0 Å². The highest BCUT2D eigenvalue weighted by Gasteiger charge is 2.23. The zero-order valence-electron chi connectivity index (χ0n) is 15.8. The molecule has 1 aliphatic heterocycles. The van der Waals surface area contributed by atoms with E-state index in [4.69, 9.17) is 4.99 Å².